The first-order valence-corrected chi connectivity index (χ1v) is 7.73. The van der Waals surface area contributed by atoms with Crippen LogP contribution < -0.4 is 0 Å². The first-order chi connectivity index (χ1) is 8.93. The van der Waals surface area contributed by atoms with Gasteiger partial charge in [-0.2, -0.15) is 0 Å². The Morgan fingerprint density at radius 2 is 1.89 bits per heavy atom. The molecule has 0 radical (unpaired) electrons. The van der Waals surface area contributed by atoms with Gasteiger partial charge in [-0.25, -0.2) is 0 Å². The van der Waals surface area contributed by atoms with Crippen molar-refractivity contribution in [2.75, 3.05) is 6.61 Å². The van der Waals surface area contributed by atoms with Crippen LogP contribution in [0.15, 0.2) is 24.3 Å². The summed E-state index contributed by atoms with van der Waals surface area (Å²) in [4.78, 5) is 0. The SMILES string of the molecule is CCC1OCCC1C(Cl)c1ccc(C(C)(C)C)cc1. The smallest absolute Gasteiger partial charge is 0.0639 e. The fourth-order valence-electron chi connectivity index (χ4n) is 2.83. The molecule has 1 nitrogen and oxygen atoms in total. The van der Waals surface area contributed by atoms with Crippen LogP contribution in [0.2, 0.25) is 0 Å². The van der Waals surface area contributed by atoms with Gasteiger partial charge >= 0.3 is 0 Å². The van der Waals surface area contributed by atoms with E-state index in [4.69, 9.17) is 16.3 Å². The van der Waals surface area contributed by atoms with Crippen LogP contribution in [0, 0.1) is 5.92 Å². The first-order valence-electron chi connectivity index (χ1n) is 7.29. The van der Waals surface area contributed by atoms with Crippen molar-refractivity contribution in [1.29, 1.82) is 0 Å². The molecular formula is C17H25ClO. The van der Waals surface area contributed by atoms with Crippen LogP contribution >= 0.6 is 11.6 Å². The molecule has 3 atom stereocenters. The Hall–Kier alpha value is -0.530. The molecule has 1 aromatic carbocycles. The Balaban J connectivity index is 2.13. The van der Waals surface area contributed by atoms with E-state index in [0.717, 1.165) is 19.4 Å². The van der Waals surface area contributed by atoms with Crippen molar-refractivity contribution in [2.24, 2.45) is 5.92 Å². The van der Waals surface area contributed by atoms with Gasteiger partial charge in [0.25, 0.3) is 0 Å². The van der Waals surface area contributed by atoms with Crippen molar-refractivity contribution in [3.05, 3.63) is 35.4 Å². The van der Waals surface area contributed by atoms with E-state index < -0.39 is 0 Å². The molecule has 2 heteroatoms. The number of ether oxygens (including phenoxy) is 1. The molecule has 1 aliphatic heterocycles. The van der Waals surface area contributed by atoms with Gasteiger partial charge in [0.2, 0.25) is 0 Å². The summed E-state index contributed by atoms with van der Waals surface area (Å²) in [6.07, 6.45) is 2.45. The lowest BCUT2D eigenvalue weighted by Gasteiger charge is -2.24. The molecule has 1 aromatic rings. The third-order valence-electron chi connectivity index (χ3n) is 4.13. The van der Waals surface area contributed by atoms with Gasteiger partial charge in [0.1, 0.15) is 0 Å². The van der Waals surface area contributed by atoms with E-state index in [1.165, 1.54) is 11.1 Å². The lowest BCUT2D eigenvalue weighted by molar-refractivity contribution is 0.0864. The summed E-state index contributed by atoms with van der Waals surface area (Å²) in [5.74, 6) is 0.451. The minimum atomic E-state index is 0.0708. The highest BCUT2D eigenvalue weighted by Crippen LogP contribution is 2.39. The van der Waals surface area contributed by atoms with Crippen LogP contribution in [0.25, 0.3) is 0 Å². The lowest BCUT2D eigenvalue weighted by atomic mass is 9.85. The molecule has 19 heavy (non-hydrogen) atoms. The van der Waals surface area contributed by atoms with E-state index in [2.05, 4.69) is 52.0 Å². The average molecular weight is 281 g/mol. The minimum Gasteiger partial charge on any atom is -0.378 e. The monoisotopic (exact) mass is 280 g/mol. The standard InChI is InChI=1S/C17H25ClO/c1-5-15-14(10-11-19-15)16(18)12-6-8-13(9-7-12)17(2,3)4/h6-9,14-16H,5,10-11H2,1-4H3. The molecule has 0 aromatic heterocycles. The third-order valence-corrected chi connectivity index (χ3v) is 4.71. The molecule has 1 fully saturated rings. The van der Waals surface area contributed by atoms with Gasteiger partial charge in [-0.05, 0) is 29.4 Å². The second kappa shape index (κ2) is 5.85. The lowest BCUT2D eigenvalue weighted by Crippen LogP contribution is -2.19. The van der Waals surface area contributed by atoms with Crippen LogP contribution in [-0.2, 0) is 10.2 Å². The summed E-state index contributed by atoms with van der Waals surface area (Å²) in [5.41, 5.74) is 2.78. The Labute approximate surface area is 122 Å². The van der Waals surface area contributed by atoms with Crippen LogP contribution in [-0.4, -0.2) is 12.7 Å². The van der Waals surface area contributed by atoms with Crippen LogP contribution in [0.5, 0.6) is 0 Å². The van der Waals surface area contributed by atoms with E-state index in [1.54, 1.807) is 0 Å². The van der Waals surface area contributed by atoms with E-state index in [0.29, 0.717) is 12.0 Å². The van der Waals surface area contributed by atoms with Crippen LogP contribution in [0.4, 0.5) is 0 Å². The maximum atomic E-state index is 6.67. The molecule has 0 bridgehead atoms. The summed E-state index contributed by atoms with van der Waals surface area (Å²) in [5, 5.41) is 0.0708. The molecule has 0 spiro atoms. The van der Waals surface area contributed by atoms with E-state index in [-0.39, 0.29) is 10.8 Å². The molecular weight excluding hydrogens is 256 g/mol. The van der Waals surface area contributed by atoms with Crippen molar-refractivity contribution in [3.63, 3.8) is 0 Å². The molecule has 0 saturated carbocycles. The zero-order valence-corrected chi connectivity index (χ0v) is 13.2. The normalized spacial score (nSPS) is 25.5. The van der Waals surface area contributed by atoms with Crippen molar-refractivity contribution >= 4 is 11.6 Å². The van der Waals surface area contributed by atoms with E-state index in [1.807, 2.05) is 0 Å². The van der Waals surface area contributed by atoms with Crippen LogP contribution in [0.3, 0.4) is 0 Å². The number of alkyl halides is 1. The zero-order chi connectivity index (χ0) is 14.0. The third kappa shape index (κ3) is 3.32. The van der Waals surface area contributed by atoms with Gasteiger partial charge in [-0.15, -0.1) is 11.6 Å². The average Bonchev–Trinajstić information content (AvgIpc) is 2.85. The summed E-state index contributed by atoms with van der Waals surface area (Å²) < 4.78 is 5.75. The van der Waals surface area contributed by atoms with Crippen molar-refractivity contribution < 1.29 is 4.74 Å². The van der Waals surface area contributed by atoms with E-state index in [9.17, 15) is 0 Å². The highest BCUT2D eigenvalue weighted by atomic mass is 35.5. The van der Waals surface area contributed by atoms with Crippen LogP contribution in [0.1, 0.15) is 57.0 Å². The van der Waals surface area contributed by atoms with Gasteiger partial charge in [-0.3, -0.25) is 0 Å². The highest BCUT2D eigenvalue weighted by molar-refractivity contribution is 6.21. The van der Waals surface area contributed by atoms with Gasteiger partial charge in [0, 0.05) is 12.5 Å². The number of halogens is 1. The Kier molecular flexibility index (Phi) is 4.58. The maximum Gasteiger partial charge on any atom is 0.0639 e. The zero-order valence-electron chi connectivity index (χ0n) is 12.4. The first kappa shape index (κ1) is 14.9. The fraction of sp³-hybridized carbons (Fsp3) is 0.647. The molecule has 2 rings (SSSR count). The van der Waals surface area contributed by atoms with Gasteiger partial charge in [0.05, 0.1) is 11.5 Å². The van der Waals surface area contributed by atoms with Gasteiger partial charge < -0.3 is 4.74 Å². The Bertz CT molecular complexity index is 404. The van der Waals surface area contributed by atoms with Crippen molar-refractivity contribution in [3.8, 4) is 0 Å². The molecule has 0 aliphatic carbocycles. The van der Waals surface area contributed by atoms with Gasteiger partial charge in [-0.1, -0.05) is 52.0 Å². The molecule has 1 saturated heterocycles. The minimum absolute atomic E-state index is 0.0708. The Morgan fingerprint density at radius 3 is 2.42 bits per heavy atom. The molecule has 3 unspecified atom stereocenters. The van der Waals surface area contributed by atoms with Crippen molar-refractivity contribution in [2.45, 2.75) is 57.4 Å². The Morgan fingerprint density at radius 1 is 1.26 bits per heavy atom. The van der Waals surface area contributed by atoms with Crippen molar-refractivity contribution in [1.82, 2.24) is 0 Å². The molecule has 0 amide bonds. The summed E-state index contributed by atoms with van der Waals surface area (Å²) >= 11 is 6.67. The fourth-order valence-corrected chi connectivity index (χ4v) is 3.27. The highest BCUT2D eigenvalue weighted by Gasteiger charge is 2.33. The van der Waals surface area contributed by atoms with E-state index >= 15 is 0 Å². The molecule has 106 valence electrons. The predicted molar refractivity (Wildman–Crippen MR) is 81.9 cm³/mol. The predicted octanol–water partition coefficient (Wildman–Crippen LogP) is 5.08. The summed E-state index contributed by atoms with van der Waals surface area (Å²) in [6.45, 7) is 9.73. The number of hydrogen-bond donors (Lipinski definition) is 0. The maximum absolute atomic E-state index is 6.67. The topological polar surface area (TPSA) is 9.23 Å². The number of hydrogen-bond acceptors (Lipinski definition) is 1. The number of rotatable bonds is 3. The van der Waals surface area contributed by atoms with Gasteiger partial charge in [0.15, 0.2) is 0 Å². The quantitative estimate of drug-likeness (QED) is 0.702. The number of benzene rings is 1. The second-order valence-corrected chi connectivity index (χ2v) is 7.01. The molecule has 1 heterocycles. The largest absolute Gasteiger partial charge is 0.378 e. The summed E-state index contributed by atoms with van der Waals surface area (Å²) in [7, 11) is 0. The molecule has 0 N–H and O–H groups in total. The second-order valence-electron chi connectivity index (χ2n) is 6.54. The summed E-state index contributed by atoms with van der Waals surface area (Å²) in [6, 6.07) is 8.79. The molecule has 1 aliphatic rings.